The minimum Gasteiger partial charge on any atom is -0.392 e. The maximum Gasteiger partial charge on any atom is 0.147 e. The Morgan fingerprint density at radius 2 is 2.16 bits per heavy atom. The van der Waals surface area contributed by atoms with Crippen LogP contribution in [-0.2, 0) is 6.61 Å². The fraction of sp³-hybridized carbons (Fsp3) is 0.533. The lowest BCUT2D eigenvalue weighted by atomic mass is 9.83. The Kier molecular flexibility index (Phi) is 4.16. The van der Waals surface area contributed by atoms with Crippen LogP contribution in [0.25, 0.3) is 0 Å². The topological polar surface area (TPSA) is 36.4 Å². The Bertz CT molecular complexity index is 491. The largest absolute Gasteiger partial charge is 0.392 e. The Labute approximate surface area is 119 Å². The predicted octanol–water partition coefficient (Wildman–Crippen LogP) is 3.41. The van der Waals surface area contributed by atoms with E-state index in [0.717, 1.165) is 30.9 Å². The smallest absolute Gasteiger partial charge is 0.147 e. The average Bonchev–Trinajstić information content (AvgIpc) is 2.37. The number of halogens is 1. The minimum atomic E-state index is -0.0267. The molecule has 0 bridgehead atoms. The molecule has 1 N–H and O–H groups in total. The molecule has 2 rings (SSSR count). The van der Waals surface area contributed by atoms with Gasteiger partial charge in [0.05, 0.1) is 11.6 Å². The van der Waals surface area contributed by atoms with Gasteiger partial charge >= 0.3 is 0 Å². The molecule has 0 saturated heterocycles. The minimum absolute atomic E-state index is 0.0267. The molecule has 1 aliphatic heterocycles. The Morgan fingerprint density at radius 1 is 1.42 bits per heavy atom. The summed E-state index contributed by atoms with van der Waals surface area (Å²) in [5.74, 6) is 0.808. The summed E-state index contributed by atoms with van der Waals surface area (Å²) in [5.41, 5.74) is 2.48. The molecule has 2 heterocycles. The summed E-state index contributed by atoms with van der Waals surface area (Å²) >= 11 is 6.23. The van der Waals surface area contributed by atoms with Crippen molar-refractivity contribution in [1.82, 2.24) is 4.98 Å². The molecule has 0 unspecified atom stereocenters. The SMILES string of the molecule is CC(C)(C)C1=CCN(c2ncc(CO)cc2Cl)CC1. The van der Waals surface area contributed by atoms with Gasteiger partial charge in [-0.15, -0.1) is 0 Å². The molecule has 0 radical (unpaired) electrons. The van der Waals surface area contributed by atoms with Gasteiger partial charge in [-0.05, 0) is 23.5 Å². The molecule has 0 saturated carbocycles. The van der Waals surface area contributed by atoms with Crippen molar-refractivity contribution in [3.63, 3.8) is 0 Å². The van der Waals surface area contributed by atoms with E-state index in [4.69, 9.17) is 16.7 Å². The van der Waals surface area contributed by atoms with Gasteiger partial charge in [0.15, 0.2) is 0 Å². The van der Waals surface area contributed by atoms with Crippen LogP contribution < -0.4 is 4.90 Å². The molecule has 0 fully saturated rings. The third-order valence-electron chi connectivity index (χ3n) is 3.53. The number of anilines is 1. The molecule has 0 atom stereocenters. The van der Waals surface area contributed by atoms with Crippen molar-refractivity contribution in [3.8, 4) is 0 Å². The van der Waals surface area contributed by atoms with Crippen molar-refractivity contribution in [2.24, 2.45) is 5.41 Å². The average molecular weight is 281 g/mol. The lowest BCUT2D eigenvalue weighted by Gasteiger charge is -2.33. The van der Waals surface area contributed by atoms with Crippen molar-refractivity contribution in [3.05, 3.63) is 34.5 Å². The highest BCUT2D eigenvalue weighted by Gasteiger charge is 2.22. The van der Waals surface area contributed by atoms with Gasteiger partial charge in [-0.3, -0.25) is 0 Å². The summed E-state index contributed by atoms with van der Waals surface area (Å²) < 4.78 is 0. The highest BCUT2D eigenvalue weighted by atomic mass is 35.5. The van der Waals surface area contributed by atoms with Gasteiger partial charge in [-0.2, -0.15) is 0 Å². The Hall–Kier alpha value is -1.06. The number of rotatable bonds is 2. The zero-order valence-corrected chi connectivity index (χ0v) is 12.5. The molecular weight excluding hydrogens is 260 g/mol. The van der Waals surface area contributed by atoms with Crippen LogP contribution in [0.2, 0.25) is 5.02 Å². The van der Waals surface area contributed by atoms with E-state index in [-0.39, 0.29) is 12.0 Å². The van der Waals surface area contributed by atoms with E-state index >= 15 is 0 Å². The molecular formula is C15H21ClN2O. The van der Waals surface area contributed by atoms with Crippen LogP contribution in [0.1, 0.15) is 32.8 Å². The van der Waals surface area contributed by atoms with E-state index in [9.17, 15) is 0 Å². The van der Waals surface area contributed by atoms with Gasteiger partial charge in [-0.25, -0.2) is 4.98 Å². The molecule has 3 nitrogen and oxygen atoms in total. The highest BCUT2D eigenvalue weighted by Crippen LogP contribution is 2.32. The third kappa shape index (κ3) is 3.28. The quantitative estimate of drug-likeness (QED) is 0.844. The second-order valence-corrected chi connectivity index (χ2v) is 6.39. The fourth-order valence-corrected chi connectivity index (χ4v) is 2.64. The molecule has 1 aromatic heterocycles. The van der Waals surface area contributed by atoms with Crippen LogP contribution in [0.15, 0.2) is 23.9 Å². The summed E-state index contributed by atoms with van der Waals surface area (Å²) in [6.45, 7) is 8.49. The molecule has 1 aromatic rings. The van der Waals surface area contributed by atoms with Gasteiger partial charge in [0, 0.05) is 19.3 Å². The van der Waals surface area contributed by atoms with Gasteiger partial charge in [0.2, 0.25) is 0 Å². The standard InChI is InChI=1S/C15H21ClN2O/c1-15(2,3)12-4-6-18(7-5-12)14-13(16)8-11(10-19)9-17-14/h4,8-9,19H,5-7,10H2,1-3H3. The van der Waals surface area contributed by atoms with Crippen LogP contribution in [0, 0.1) is 5.41 Å². The van der Waals surface area contributed by atoms with Gasteiger partial charge in [0.25, 0.3) is 0 Å². The van der Waals surface area contributed by atoms with Crippen LogP contribution in [0.3, 0.4) is 0 Å². The molecule has 104 valence electrons. The van der Waals surface area contributed by atoms with E-state index in [2.05, 4.69) is 36.7 Å². The van der Waals surface area contributed by atoms with Crippen LogP contribution in [0.5, 0.6) is 0 Å². The number of aliphatic hydroxyl groups is 1. The second-order valence-electron chi connectivity index (χ2n) is 5.98. The van der Waals surface area contributed by atoms with Gasteiger partial charge in [0.1, 0.15) is 5.82 Å². The van der Waals surface area contributed by atoms with Crippen LogP contribution in [0.4, 0.5) is 5.82 Å². The molecule has 0 aromatic carbocycles. The number of pyridine rings is 1. The van der Waals surface area contributed by atoms with E-state index in [0.29, 0.717) is 5.02 Å². The maximum absolute atomic E-state index is 9.07. The van der Waals surface area contributed by atoms with Crippen LogP contribution >= 0.6 is 11.6 Å². The zero-order valence-electron chi connectivity index (χ0n) is 11.8. The lowest BCUT2D eigenvalue weighted by Crippen LogP contribution is -2.32. The predicted molar refractivity (Wildman–Crippen MR) is 79.5 cm³/mol. The van der Waals surface area contributed by atoms with Crippen molar-refractivity contribution >= 4 is 17.4 Å². The van der Waals surface area contributed by atoms with Gasteiger partial charge < -0.3 is 10.0 Å². The summed E-state index contributed by atoms with van der Waals surface area (Å²) in [5, 5.41) is 9.68. The van der Waals surface area contributed by atoms with Crippen molar-refractivity contribution < 1.29 is 5.11 Å². The second kappa shape index (κ2) is 5.51. The first kappa shape index (κ1) is 14.4. The van der Waals surface area contributed by atoms with E-state index in [1.165, 1.54) is 5.57 Å². The molecule has 4 heteroatoms. The highest BCUT2D eigenvalue weighted by molar-refractivity contribution is 6.33. The summed E-state index contributed by atoms with van der Waals surface area (Å²) in [6, 6.07) is 1.78. The van der Waals surface area contributed by atoms with E-state index in [1.807, 2.05) is 0 Å². The maximum atomic E-state index is 9.07. The van der Waals surface area contributed by atoms with Crippen molar-refractivity contribution in [2.45, 2.75) is 33.8 Å². The molecule has 1 aliphatic rings. The zero-order chi connectivity index (χ0) is 14.0. The molecule has 0 amide bonds. The molecule has 0 aliphatic carbocycles. The summed E-state index contributed by atoms with van der Waals surface area (Å²) in [4.78, 5) is 6.54. The molecule has 0 spiro atoms. The summed E-state index contributed by atoms with van der Waals surface area (Å²) in [6.07, 6.45) is 5.01. The molecule has 19 heavy (non-hydrogen) atoms. The normalized spacial score (nSPS) is 16.5. The first-order valence-electron chi connectivity index (χ1n) is 6.61. The lowest BCUT2D eigenvalue weighted by molar-refractivity contribution is 0.281. The van der Waals surface area contributed by atoms with Crippen LogP contribution in [-0.4, -0.2) is 23.2 Å². The fourth-order valence-electron chi connectivity index (χ4n) is 2.33. The van der Waals surface area contributed by atoms with E-state index in [1.54, 1.807) is 12.3 Å². The third-order valence-corrected chi connectivity index (χ3v) is 3.81. The summed E-state index contributed by atoms with van der Waals surface area (Å²) in [7, 11) is 0. The number of aliphatic hydroxyl groups excluding tert-OH is 1. The van der Waals surface area contributed by atoms with Crippen molar-refractivity contribution in [1.29, 1.82) is 0 Å². The number of nitrogens with zero attached hydrogens (tertiary/aromatic N) is 2. The Morgan fingerprint density at radius 3 is 2.63 bits per heavy atom. The van der Waals surface area contributed by atoms with E-state index < -0.39 is 0 Å². The monoisotopic (exact) mass is 280 g/mol. The van der Waals surface area contributed by atoms with Gasteiger partial charge in [-0.1, -0.05) is 44.0 Å². The first-order chi connectivity index (χ1) is 8.91. The number of hydrogen-bond acceptors (Lipinski definition) is 3. The number of hydrogen-bond donors (Lipinski definition) is 1. The first-order valence-corrected chi connectivity index (χ1v) is 6.99. The number of aromatic nitrogens is 1. The Balaban J connectivity index is 2.16. The van der Waals surface area contributed by atoms with Crippen molar-refractivity contribution in [2.75, 3.05) is 18.0 Å².